The molecular weight excluding hydrogens is 244 g/mol. The Labute approximate surface area is 102 Å². The second-order valence-electron chi connectivity index (χ2n) is 4.01. The van der Waals surface area contributed by atoms with Gasteiger partial charge in [0.25, 0.3) is 0 Å². The van der Waals surface area contributed by atoms with Gasteiger partial charge in [-0.3, -0.25) is 9.00 Å². The van der Waals surface area contributed by atoms with E-state index in [4.69, 9.17) is 11.6 Å². The van der Waals surface area contributed by atoms with E-state index < -0.39 is 10.8 Å². The van der Waals surface area contributed by atoms with Crippen LogP contribution in [-0.2, 0) is 15.6 Å². The highest BCUT2D eigenvalue weighted by atomic mass is 35.5. The molecule has 0 spiro atoms. The molecule has 0 aliphatic heterocycles. The van der Waals surface area contributed by atoms with Crippen molar-refractivity contribution in [2.45, 2.75) is 35.8 Å². The topological polar surface area (TPSA) is 34.1 Å². The normalized spacial score (nSPS) is 23.1. The molecule has 2 atom stereocenters. The SMILES string of the molecule is O=C1CCCC(S(=O)c2ccc(Cl)cc2)C1. The minimum absolute atomic E-state index is 0.0116. The van der Waals surface area contributed by atoms with E-state index in [0.29, 0.717) is 17.9 Å². The highest BCUT2D eigenvalue weighted by molar-refractivity contribution is 7.85. The Morgan fingerprint density at radius 2 is 1.94 bits per heavy atom. The summed E-state index contributed by atoms with van der Waals surface area (Å²) >= 11 is 5.77. The number of rotatable bonds is 2. The zero-order valence-electron chi connectivity index (χ0n) is 8.82. The third-order valence-corrected chi connectivity index (χ3v) is 4.78. The summed E-state index contributed by atoms with van der Waals surface area (Å²) in [5.41, 5.74) is 0. The second-order valence-corrected chi connectivity index (χ2v) is 6.18. The van der Waals surface area contributed by atoms with Gasteiger partial charge in [0.1, 0.15) is 5.78 Å². The zero-order valence-corrected chi connectivity index (χ0v) is 10.4. The first-order valence-electron chi connectivity index (χ1n) is 5.34. The van der Waals surface area contributed by atoms with Gasteiger partial charge in [-0.2, -0.15) is 0 Å². The van der Waals surface area contributed by atoms with Crippen LogP contribution in [0.15, 0.2) is 29.2 Å². The fourth-order valence-corrected chi connectivity index (χ4v) is 3.56. The van der Waals surface area contributed by atoms with Gasteiger partial charge >= 0.3 is 0 Å². The van der Waals surface area contributed by atoms with Gasteiger partial charge in [0.15, 0.2) is 0 Å². The number of ketones is 1. The molecule has 0 amide bonds. The van der Waals surface area contributed by atoms with Gasteiger partial charge in [0.05, 0.1) is 10.8 Å². The van der Waals surface area contributed by atoms with Crippen molar-refractivity contribution in [1.29, 1.82) is 0 Å². The Bertz CT molecular complexity index is 414. The smallest absolute Gasteiger partial charge is 0.134 e. The van der Waals surface area contributed by atoms with E-state index in [-0.39, 0.29) is 11.0 Å². The van der Waals surface area contributed by atoms with Gasteiger partial charge in [-0.15, -0.1) is 0 Å². The van der Waals surface area contributed by atoms with Crippen LogP contribution >= 0.6 is 11.6 Å². The molecule has 0 radical (unpaired) electrons. The summed E-state index contributed by atoms with van der Waals surface area (Å²) in [6.07, 6.45) is 2.84. The largest absolute Gasteiger partial charge is 0.300 e. The van der Waals surface area contributed by atoms with E-state index in [9.17, 15) is 9.00 Å². The first kappa shape index (κ1) is 11.8. The van der Waals surface area contributed by atoms with Crippen molar-refractivity contribution in [3.63, 3.8) is 0 Å². The molecule has 2 nitrogen and oxygen atoms in total. The lowest BCUT2D eigenvalue weighted by molar-refractivity contribution is -0.120. The molecule has 0 bridgehead atoms. The summed E-state index contributed by atoms with van der Waals surface area (Å²) in [5, 5.41) is 0.628. The minimum Gasteiger partial charge on any atom is -0.300 e. The lowest BCUT2D eigenvalue weighted by atomic mass is 9.99. The summed E-state index contributed by atoms with van der Waals surface area (Å²) in [7, 11) is -1.08. The molecule has 1 aromatic rings. The molecule has 4 heteroatoms. The molecule has 2 unspecified atom stereocenters. The first-order chi connectivity index (χ1) is 7.66. The van der Waals surface area contributed by atoms with Gasteiger partial charge in [-0.1, -0.05) is 11.6 Å². The number of carbonyl (C=O) groups is 1. The van der Waals surface area contributed by atoms with Crippen molar-refractivity contribution >= 4 is 28.2 Å². The number of hydrogen-bond acceptors (Lipinski definition) is 2. The average molecular weight is 257 g/mol. The van der Waals surface area contributed by atoms with Crippen molar-refractivity contribution in [2.24, 2.45) is 0 Å². The molecule has 1 aliphatic rings. The summed E-state index contributed by atoms with van der Waals surface area (Å²) < 4.78 is 12.2. The van der Waals surface area contributed by atoms with Crippen molar-refractivity contribution in [2.75, 3.05) is 0 Å². The van der Waals surface area contributed by atoms with Crippen LogP contribution in [-0.4, -0.2) is 15.2 Å². The molecule has 0 aromatic heterocycles. The minimum atomic E-state index is -1.08. The Kier molecular flexibility index (Phi) is 3.77. The summed E-state index contributed by atoms with van der Waals surface area (Å²) in [6.45, 7) is 0. The maximum absolute atomic E-state index is 12.2. The van der Waals surface area contributed by atoms with Gasteiger partial charge in [-0.25, -0.2) is 0 Å². The lowest BCUT2D eigenvalue weighted by Gasteiger charge is -2.20. The summed E-state index contributed by atoms with van der Waals surface area (Å²) in [5.74, 6) is 0.235. The number of halogens is 1. The molecule has 16 heavy (non-hydrogen) atoms. The molecular formula is C12H13ClO2S. The highest BCUT2D eigenvalue weighted by Gasteiger charge is 2.25. The van der Waals surface area contributed by atoms with Crippen LogP contribution in [0.25, 0.3) is 0 Å². The predicted molar refractivity (Wildman–Crippen MR) is 65.1 cm³/mol. The van der Waals surface area contributed by atoms with Crippen molar-refractivity contribution in [3.8, 4) is 0 Å². The van der Waals surface area contributed by atoms with Crippen LogP contribution in [0.1, 0.15) is 25.7 Å². The fraction of sp³-hybridized carbons (Fsp3) is 0.417. The number of Topliss-reactive ketones (excluding diaryl/α,β-unsaturated/α-hetero) is 1. The summed E-state index contributed by atoms with van der Waals surface area (Å²) in [6, 6.07) is 7.02. The second kappa shape index (κ2) is 5.11. The number of benzene rings is 1. The maximum Gasteiger partial charge on any atom is 0.134 e. The lowest BCUT2D eigenvalue weighted by Crippen LogP contribution is -2.24. The van der Waals surface area contributed by atoms with Crippen LogP contribution in [0.3, 0.4) is 0 Å². The van der Waals surface area contributed by atoms with Gasteiger partial charge in [-0.05, 0) is 37.1 Å². The maximum atomic E-state index is 12.2. The van der Waals surface area contributed by atoms with Gasteiger partial charge in [0.2, 0.25) is 0 Å². The molecule has 1 aliphatic carbocycles. The molecule has 86 valence electrons. The molecule has 2 rings (SSSR count). The van der Waals surface area contributed by atoms with Crippen molar-refractivity contribution in [3.05, 3.63) is 29.3 Å². The standard InChI is InChI=1S/C12H13ClO2S/c13-9-4-6-11(7-5-9)16(15)12-3-1-2-10(14)8-12/h4-7,12H,1-3,8H2. The molecule has 1 aromatic carbocycles. The van der Waals surface area contributed by atoms with Crippen molar-refractivity contribution < 1.29 is 9.00 Å². The first-order valence-corrected chi connectivity index (χ1v) is 6.94. The van der Waals surface area contributed by atoms with Gasteiger partial charge < -0.3 is 0 Å². The van der Waals surface area contributed by atoms with Crippen LogP contribution < -0.4 is 0 Å². The zero-order chi connectivity index (χ0) is 11.5. The van der Waals surface area contributed by atoms with E-state index in [0.717, 1.165) is 17.7 Å². The fourth-order valence-electron chi connectivity index (χ4n) is 1.93. The van der Waals surface area contributed by atoms with E-state index in [1.54, 1.807) is 24.3 Å². The summed E-state index contributed by atoms with van der Waals surface area (Å²) in [4.78, 5) is 12.1. The Balaban J connectivity index is 2.12. The van der Waals surface area contributed by atoms with Crippen molar-refractivity contribution in [1.82, 2.24) is 0 Å². The molecule has 0 N–H and O–H groups in total. The Morgan fingerprint density at radius 1 is 1.25 bits per heavy atom. The van der Waals surface area contributed by atoms with Crippen LogP contribution in [0.2, 0.25) is 5.02 Å². The number of hydrogen-bond donors (Lipinski definition) is 0. The van der Waals surface area contributed by atoms with Crippen LogP contribution in [0.5, 0.6) is 0 Å². The average Bonchev–Trinajstić information content (AvgIpc) is 2.29. The quantitative estimate of drug-likeness (QED) is 0.815. The van der Waals surface area contributed by atoms with E-state index in [1.165, 1.54) is 0 Å². The predicted octanol–water partition coefficient (Wildman–Crippen LogP) is 2.96. The highest BCUT2D eigenvalue weighted by Crippen LogP contribution is 2.24. The Morgan fingerprint density at radius 3 is 2.56 bits per heavy atom. The van der Waals surface area contributed by atoms with E-state index in [1.807, 2.05) is 0 Å². The molecule has 0 saturated heterocycles. The third-order valence-electron chi connectivity index (χ3n) is 2.79. The molecule has 1 fully saturated rings. The van der Waals surface area contributed by atoms with Crippen LogP contribution in [0, 0.1) is 0 Å². The Hall–Kier alpha value is -0.670. The van der Waals surface area contributed by atoms with Gasteiger partial charge in [0, 0.05) is 28.0 Å². The number of carbonyl (C=O) groups excluding carboxylic acids is 1. The van der Waals surface area contributed by atoms with E-state index >= 15 is 0 Å². The van der Waals surface area contributed by atoms with E-state index in [2.05, 4.69) is 0 Å². The molecule has 0 heterocycles. The van der Waals surface area contributed by atoms with Crippen LogP contribution in [0.4, 0.5) is 0 Å². The monoisotopic (exact) mass is 256 g/mol. The molecule has 1 saturated carbocycles. The third kappa shape index (κ3) is 2.71.